The average molecular weight is 664 g/mol. The van der Waals surface area contributed by atoms with Crippen molar-refractivity contribution in [3.8, 4) is 0 Å². The fourth-order valence-corrected chi connectivity index (χ4v) is 7.01. The zero-order chi connectivity index (χ0) is 35.3. The van der Waals surface area contributed by atoms with Crippen LogP contribution in [0, 0.1) is 19.8 Å². The molecule has 0 aliphatic carbocycles. The SMILES string of the molecule is CC1=NC(C)=C(C(=O)OCCC(c2ccccc2)c2ccccc2)C(c2ccc(C)cc2C)C1C(=O)N1CCN(C(=O)OC(C)(C)C)CC1. The van der Waals surface area contributed by atoms with Gasteiger partial charge in [0.05, 0.1) is 18.1 Å². The van der Waals surface area contributed by atoms with Crippen molar-refractivity contribution in [3.63, 3.8) is 0 Å². The summed E-state index contributed by atoms with van der Waals surface area (Å²) in [4.78, 5) is 49.6. The van der Waals surface area contributed by atoms with Crippen molar-refractivity contribution >= 4 is 23.7 Å². The Balaban J connectivity index is 1.39. The zero-order valence-electron chi connectivity index (χ0n) is 29.9. The molecule has 3 aromatic carbocycles. The van der Waals surface area contributed by atoms with Crippen molar-refractivity contribution in [2.45, 2.75) is 72.3 Å². The number of esters is 1. The summed E-state index contributed by atoms with van der Waals surface area (Å²) in [6.07, 6.45) is 0.223. The van der Waals surface area contributed by atoms with Crippen LogP contribution in [0.25, 0.3) is 0 Å². The predicted octanol–water partition coefficient (Wildman–Crippen LogP) is 7.60. The van der Waals surface area contributed by atoms with E-state index in [0.717, 1.165) is 27.8 Å². The molecule has 0 spiro atoms. The first-order valence-electron chi connectivity index (χ1n) is 17.2. The first-order chi connectivity index (χ1) is 23.3. The molecule has 258 valence electrons. The molecular formula is C41H49N3O5. The Labute approximate surface area is 290 Å². The van der Waals surface area contributed by atoms with E-state index in [4.69, 9.17) is 14.5 Å². The Hall–Kier alpha value is -4.72. The van der Waals surface area contributed by atoms with Crippen LogP contribution in [0.15, 0.2) is 95.1 Å². The summed E-state index contributed by atoms with van der Waals surface area (Å²) in [6, 6.07) is 26.6. The molecule has 8 nitrogen and oxygen atoms in total. The highest BCUT2D eigenvalue weighted by molar-refractivity contribution is 6.08. The van der Waals surface area contributed by atoms with Gasteiger partial charge in [-0.2, -0.15) is 0 Å². The number of ether oxygens (including phenoxy) is 2. The Morgan fingerprint density at radius 2 is 1.39 bits per heavy atom. The topological polar surface area (TPSA) is 88.5 Å². The molecule has 49 heavy (non-hydrogen) atoms. The minimum absolute atomic E-state index is 0.0562. The lowest BCUT2D eigenvalue weighted by atomic mass is 9.73. The first kappa shape index (κ1) is 35.6. The van der Waals surface area contributed by atoms with Crippen molar-refractivity contribution in [3.05, 3.63) is 118 Å². The Bertz CT molecular complexity index is 1680. The molecule has 5 rings (SSSR count). The third kappa shape index (κ3) is 8.48. The van der Waals surface area contributed by atoms with Gasteiger partial charge in [0.2, 0.25) is 5.91 Å². The number of carbonyl (C=O) groups is 3. The van der Waals surface area contributed by atoms with Gasteiger partial charge in [-0.3, -0.25) is 9.79 Å². The highest BCUT2D eigenvalue weighted by atomic mass is 16.6. The summed E-state index contributed by atoms with van der Waals surface area (Å²) in [5.41, 5.74) is 6.35. The second-order valence-electron chi connectivity index (χ2n) is 14.2. The quantitative estimate of drug-likeness (QED) is 0.232. The fraction of sp³-hybridized carbons (Fsp3) is 0.415. The zero-order valence-corrected chi connectivity index (χ0v) is 29.9. The maximum atomic E-state index is 14.5. The van der Waals surface area contributed by atoms with E-state index in [1.807, 2.05) is 97.0 Å². The number of aryl methyl sites for hydroxylation is 2. The summed E-state index contributed by atoms with van der Waals surface area (Å²) >= 11 is 0. The van der Waals surface area contributed by atoms with Crippen molar-refractivity contribution in [1.29, 1.82) is 0 Å². The van der Waals surface area contributed by atoms with E-state index >= 15 is 0 Å². The molecule has 0 bridgehead atoms. The first-order valence-corrected chi connectivity index (χ1v) is 17.2. The minimum atomic E-state index is -0.692. The number of hydrogen-bond acceptors (Lipinski definition) is 6. The molecule has 0 saturated carbocycles. The number of allylic oxidation sites excluding steroid dienone is 1. The highest BCUT2D eigenvalue weighted by Gasteiger charge is 2.44. The second kappa shape index (κ2) is 15.2. The number of piperazine rings is 1. The van der Waals surface area contributed by atoms with Gasteiger partial charge in [0, 0.05) is 49.4 Å². The van der Waals surface area contributed by atoms with Crippen LogP contribution in [0.3, 0.4) is 0 Å². The molecule has 2 heterocycles. The maximum absolute atomic E-state index is 14.5. The van der Waals surface area contributed by atoms with Crippen LogP contribution in [0.1, 0.15) is 80.7 Å². The summed E-state index contributed by atoms with van der Waals surface area (Å²) in [5, 5.41) is 0. The number of hydrogen-bond donors (Lipinski definition) is 0. The van der Waals surface area contributed by atoms with E-state index in [1.165, 1.54) is 0 Å². The summed E-state index contributed by atoms with van der Waals surface area (Å²) in [5.74, 6) is -1.77. The average Bonchev–Trinajstić information content (AvgIpc) is 3.06. The number of carbonyl (C=O) groups excluding carboxylic acids is 3. The van der Waals surface area contributed by atoms with Crippen molar-refractivity contribution in [2.24, 2.45) is 10.9 Å². The van der Waals surface area contributed by atoms with E-state index in [0.29, 0.717) is 49.6 Å². The van der Waals surface area contributed by atoms with Gasteiger partial charge in [0.25, 0.3) is 0 Å². The standard InChI is InChI=1S/C41H49N3O5/c1-27-18-19-33(28(2)26-27)37-35(38(45)43-21-23-44(24-22-43)40(47)49-41(5,6)7)29(3)42-30(4)36(37)39(46)48-25-20-34(31-14-10-8-11-15-31)32-16-12-9-13-17-32/h8-19,26,34-35,37H,20-25H2,1-7H3. The van der Waals surface area contributed by atoms with Gasteiger partial charge < -0.3 is 19.3 Å². The smallest absolute Gasteiger partial charge is 0.410 e. The Kier molecular flexibility index (Phi) is 11.1. The largest absolute Gasteiger partial charge is 0.462 e. The maximum Gasteiger partial charge on any atom is 0.410 e. The van der Waals surface area contributed by atoms with Gasteiger partial charge in [0.1, 0.15) is 5.60 Å². The van der Waals surface area contributed by atoms with Gasteiger partial charge in [-0.25, -0.2) is 9.59 Å². The van der Waals surface area contributed by atoms with Crippen LogP contribution >= 0.6 is 0 Å². The Morgan fingerprint density at radius 3 is 1.94 bits per heavy atom. The molecule has 0 aromatic heterocycles. The predicted molar refractivity (Wildman–Crippen MR) is 193 cm³/mol. The molecule has 8 heteroatoms. The van der Waals surface area contributed by atoms with Gasteiger partial charge in [-0.1, -0.05) is 84.4 Å². The molecule has 2 amide bonds. The molecule has 2 atom stereocenters. The Morgan fingerprint density at radius 1 is 0.816 bits per heavy atom. The molecule has 0 radical (unpaired) electrons. The molecule has 3 aromatic rings. The summed E-state index contributed by atoms with van der Waals surface area (Å²) in [6.45, 7) is 14.9. The van der Waals surface area contributed by atoms with Crippen molar-refractivity contribution in [2.75, 3.05) is 32.8 Å². The number of nitrogens with zero attached hydrogens (tertiary/aromatic N) is 3. The molecule has 0 N–H and O–H groups in total. The fourth-order valence-electron chi connectivity index (χ4n) is 7.01. The second-order valence-corrected chi connectivity index (χ2v) is 14.2. The number of amides is 2. The number of aliphatic imine (C=N–C) groups is 1. The monoisotopic (exact) mass is 663 g/mol. The lowest BCUT2D eigenvalue weighted by Gasteiger charge is -2.40. The highest BCUT2D eigenvalue weighted by Crippen LogP contribution is 2.42. The van der Waals surface area contributed by atoms with E-state index in [9.17, 15) is 14.4 Å². The van der Waals surface area contributed by atoms with Crippen LogP contribution in [0.5, 0.6) is 0 Å². The molecule has 1 fully saturated rings. The van der Waals surface area contributed by atoms with Crippen LogP contribution in [0.2, 0.25) is 0 Å². The van der Waals surface area contributed by atoms with Crippen LogP contribution < -0.4 is 0 Å². The third-order valence-electron chi connectivity index (χ3n) is 9.36. The van der Waals surface area contributed by atoms with Gasteiger partial charge in [0.15, 0.2) is 0 Å². The lowest BCUT2D eigenvalue weighted by Crippen LogP contribution is -2.54. The molecule has 2 aliphatic rings. The normalized spacial score (nSPS) is 18.3. The van der Waals surface area contributed by atoms with E-state index < -0.39 is 23.4 Å². The minimum Gasteiger partial charge on any atom is -0.462 e. The van der Waals surface area contributed by atoms with Crippen molar-refractivity contribution in [1.82, 2.24) is 9.80 Å². The van der Waals surface area contributed by atoms with Crippen LogP contribution in [0.4, 0.5) is 4.79 Å². The van der Waals surface area contributed by atoms with E-state index in [1.54, 1.807) is 9.80 Å². The van der Waals surface area contributed by atoms with Gasteiger partial charge >= 0.3 is 12.1 Å². The van der Waals surface area contributed by atoms with E-state index in [2.05, 4.69) is 30.3 Å². The summed E-state index contributed by atoms with van der Waals surface area (Å²) < 4.78 is 11.6. The number of benzene rings is 3. The molecule has 2 aliphatic heterocycles. The van der Waals surface area contributed by atoms with Crippen LogP contribution in [-0.4, -0.2) is 71.9 Å². The van der Waals surface area contributed by atoms with Gasteiger partial charge in [-0.15, -0.1) is 0 Å². The number of rotatable bonds is 8. The molecule has 2 unspecified atom stereocenters. The van der Waals surface area contributed by atoms with Crippen molar-refractivity contribution < 1.29 is 23.9 Å². The third-order valence-corrected chi connectivity index (χ3v) is 9.36. The molecular weight excluding hydrogens is 614 g/mol. The van der Waals surface area contributed by atoms with E-state index in [-0.39, 0.29) is 24.5 Å². The van der Waals surface area contributed by atoms with Gasteiger partial charge in [-0.05, 0) is 77.1 Å². The molecule has 1 saturated heterocycles. The lowest BCUT2D eigenvalue weighted by molar-refractivity contribution is -0.140. The summed E-state index contributed by atoms with van der Waals surface area (Å²) in [7, 11) is 0. The van der Waals surface area contributed by atoms with Crippen LogP contribution in [-0.2, 0) is 19.1 Å².